The van der Waals surface area contributed by atoms with E-state index in [9.17, 15) is 13.2 Å². The van der Waals surface area contributed by atoms with Crippen molar-refractivity contribution in [2.24, 2.45) is 17.3 Å². The number of hydrogen-bond acceptors (Lipinski definition) is 3. The van der Waals surface area contributed by atoms with Gasteiger partial charge in [0.05, 0.1) is 6.54 Å². The highest BCUT2D eigenvalue weighted by atomic mass is 19.4. The first-order chi connectivity index (χ1) is 13.3. The van der Waals surface area contributed by atoms with Crippen LogP contribution in [0.1, 0.15) is 67.2 Å². The van der Waals surface area contributed by atoms with Gasteiger partial charge in [-0.15, -0.1) is 0 Å². The molecule has 172 valence electrons. The molecule has 1 atom stereocenters. The van der Waals surface area contributed by atoms with Gasteiger partial charge >= 0.3 is 6.18 Å². The summed E-state index contributed by atoms with van der Waals surface area (Å²) in [6.45, 7) is 20.1. The molecule has 0 aromatic heterocycles. The topological polar surface area (TPSA) is 9.72 Å². The normalized spacial score (nSPS) is 24.2. The third-order valence-electron chi connectivity index (χ3n) is 8.30. The van der Waals surface area contributed by atoms with Gasteiger partial charge in [0.1, 0.15) is 0 Å². The fraction of sp³-hybridized carbons (Fsp3) is 1.00. The van der Waals surface area contributed by atoms with E-state index in [-0.39, 0.29) is 11.0 Å². The van der Waals surface area contributed by atoms with Gasteiger partial charge in [-0.3, -0.25) is 9.80 Å². The molecule has 0 N–H and O–H groups in total. The summed E-state index contributed by atoms with van der Waals surface area (Å²) in [4.78, 5) is 6.80. The highest BCUT2D eigenvalue weighted by molar-refractivity contribution is 4.89. The number of piperidine rings is 1. The predicted octanol–water partition coefficient (Wildman–Crippen LogP) is 5.12. The van der Waals surface area contributed by atoms with E-state index in [1.807, 2.05) is 0 Å². The van der Waals surface area contributed by atoms with Crippen molar-refractivity contribution < 1.29 is 13.2 Å². The standard InChI is InChI=1S/C23H44F3N3/c1-19(2)21(4,5)29-16-14-27(15-17-29)11-7-8-20(3)22(6)9-12-28(13-10-22)18-23(24,25)26/h19-20H,7-18H2,1-6H3. The molecule has 0 saturated carbocycles. The molecule has 0 aliphatic carbocycles. The molecule has 29 heavy (non-hydrogen) atoms. The van der Waals surface area contributed by atoms with Crippen LogP contribution in [-0.2, 0) is 0 Å². The Morgan fingerprint density at radius 1 is 0.862 bits per heavy atom. The SMILES string of the molecule is CC(CCCN1CCN(C(C)(C)C(C)C)CC1)C1(C)CCN(CC(F)(F)F)CC1. The average Bonchev–Trinajstić information content (AvgIpc) is 2.63. The number of hydrogen-bond donors (Lipinski definition) is 0. The Labute approximate surface area is 177 Å². The van der Waals surface area contributed by atoms with Crippen molar-refractivity contribution in [3.8, 4) is 0 Å². The Bertz CT molecular complexity index is 488. The molecule has 0 aromatic rings. The third-order valence-corrected chi connectivity index (χ3v) is 8.30. The molecule has 2 heterocycles. The molecule has 2 aliphatic rings. The monoisotopic (exact) mass is 419 g/mol. The first-order valence-electron chi connectivity index (χ1n) is 11.6. The van der Waals surface area contributed by atoms with E-state index in [1.54, 1.807) is 4.90 Å². The number of alkyl halides is 3. The second kappa shape index (κ2) is 9.86. The lowest BCUT2D eigenvalue weighted by Crippen LogP contribution is -2.56. The zero-order valence-electron chi connectivity index (χ0n) is 19.6. The highest BCUT2D eigenvalue weighted by Crippen LogP contribution is 2.41. The van der Waals surface area contributed by atoms with E-state index < -0.39 is 12.7 Å². The van der Waals surface area contributed by atoms with E-state index in [0.29, 0.717) is 24.9 Å². The fourth-order valence-corrected chi connectivity index (χ4v) is 4.85. The lowest BCUT2D eigenvalue weighted by atomic mass is 9.69. The molecule has 2 rings (SSSR count). The van der Waals surface area contributed by atoms with Gasteiger partial charge in [0.2, 0.25) is 0 Å². The Balaban J connectivity index is 1.68. The molecule has 0 bridgehead atoms. The summed E-state index contributed by atoms with van der Waals surface area (Å²) in [5.41, 5.74) is 0.443. The molecule has 0 spiro atoms. The molecular formula is C23H44F3N3. The van der Waals surface area contributed by atoms with Crippen LogP contribution in [0, 0.1) is 17.3 Å². The lowest BCUT2D eigenvalue weighted by molar-refractivity contribution is -0.151. The molecular weight excluding hydrogens is 375 g/mol. The molecule has 3 nitrogen and oxygen atoms in total. The second-order valence-electron chi connectivity index (χ2n) is 10.7. The molecule has 0 amide bonds. The predicted molar refractivity (Wildman–Crippen MR) is 115 cm³/mol. The number of nitrogens with zero attached hydrogens (tertiary/aromatic N) is 3. The van der Waals surface area contributed by atoms with Gasteiger partial charge in [0.25, 0.3) is 0 Å². The lowest BCUT2D eigenvalue weighted by Gasteiger charge is -2.46. The molecule has 2 fully saturated rings. The molecule has 2 aliphatic heterocycles. The Hall–Kier alpha value is -0.330. The van der Waals surface area contributed by atoms with Crippen molar-refractivity contribution >= 4 is 0 Å². The second-order valence-corrected chi connectivity index (χ2v) is 10.7. The minimum atomic E-state index is -4.08. The van der Waals surface area contributed by atoms with Crippen LogP contribution in [0.25, 0.3) is 0 Å². The number of halogens is 3. The van der Waals surface area contributed by atoms with Crippen LogP contribution < -0.4 is 0 Å². The van der Waals surface area contributed by atoms with Crippen LogP contribution in [0.2, 0.25) is 0 Å². The molecule has 2 saturated heterocycles. The first kappa shape index (κ1) is 24.9. The van der Waals surface area contributed by atoms with Gasteiger partial charge in [0.15, 0.2) is 0 Å². The van der Waals surface area contributed by atoms with E-state index in [2.05, 4.69) is 51.3 Å². The molecule has 6 heteroatoms. The van der Waals surface area contributed by atoms with Crippen molar-refractivity contribution in [1.29, 1.82) is 0 Å². The smallest absolute Gasteiger partial charge is 0.301 e. The van der Waals surface area contributed by atoms with Gasteiger partial charge in [-0.1, -0.05) is 27.7 Å². The zero-order valence-corrected chi connectivity index (χ0v) is 19.6. The maximum atomic E-state index is 12.6. The van der Waals surface area contributed by atoms with Gasteiger partial charge in [-0.2, -0.15) is 13.2 Å². The van der Waals surface area contributed by atoms with Crippen LogP contribution >= 0.6 is 0 Å². The van der Waals surface area contributed by atoms with Crippen molar-refractivity contribution in [1.82, 2.24) is 14.7 Å². The summed E-state index contributed by atoms with van der Waals surface area (Å²) < 4.78 is 37.8. The van der Waals surface area contributed by atoms with Crippen molar-refractivity contribution in [3.05, 3.63) is 0 Å². The van der Waals surface area contributed by atoms with Crippen LogP contribution in [0.5, 0.6) is 0 Å². The molecule has 1 unspecified atom stereocenters. The summed E-state index contributed by atoms with van der Waals surface area (Å²) in [5, 5.41) is 0. The van der Waals surface area contributed by atoms with Crippen molar-refractivity contribution in [3.63, 3.8) is 0 Å². The Morgan fingerprint density at radius 3 is 1.90 bits per heavy atom. The average molecular weight is 420 g/mol. The maximum absolute atomic E-state index is 12.6. The summed E-state index contributed by atoms with van der Waals surface area (Å²) in [5.74, 6) is 1.22. The van der Waals surface area contributed by atoms with Crippen LogP contribution in [0.4, 0.5) is 13.2 Å². The Morgan fingerprint density at radius 2 is 1.41 bits per heavy atom. The maximum Gasteiger partial charge on any atom is 0.401 e. The van der Waals surface area contributed by atoms with Gasteiger partial charge in [-0.25, -0.2) is 0 Å². The van der Waals surface area contributed by atoms with E-state index in [4.69, 9.17) is 0 Å². The molecule has 0 radical (unpaired) electrons. The summed E-state index contributed by atoms with van der Waals surface area (Å²) in [6.07, 6.45) is 0.0538. The largest absolute Gasteiger partial charge is 0.401 e. The van der Waals surface area contributed by atoms with Crippen LogP contribution in [0.15, 0.2) is 0 Å². The van der Waals surface area contributed by atoms with E-state index >= 15 is 0 Å². The summed E-state index contributed by atoms with van der Waals surface area (Å²) in [6, 6.07) is 0. The van der Waals surface area contributed by atoms with Gasteiger partial charge < -0.3 is 4.90 Å². The quantitative estimate of drug-likeness (QED) is 0.541. The third kappa shape index (κ3) is 7.10. The van der Waals surface area contributed by atoms with E-state index in [0.717, 1.165) is 45.6 Å². The minimum Gasteiger partial charge on any atom is -0.301 e. The van der Waals surface area contributed by atoms with Crippen molar-refractivity contribution in [2.75, 3.05) is 52.4 Å². The van der Waals surface area contributed by atoms with E-state index in [1.165, 1.54) is 12.8 Å². The minimum absolute atomic E-state index is 0.183. The molecule has 0 aromatic carbocycles. The van der Waals surface area contributed by atoms with Gasteiger partial charge in [-0.05, 0) is 76.4 Å². The van der Waals surface area contributed by atoms with Crippen LogP contribution in [0.3, 0.4) is 0 Å². The fourth-order valence-electron chi connectivity index (χ4n) is 4.85. The van der Waals surface area contributed by atoms with Crippen molar-refractivity contribution in [2.45, 2.75) is 78.9 Å². The number of likely N-dealkylation sites (tertiary alicyclic amines) is 1. The summed E-state index contributed by atoms with van der Waals surface area (Å²) in [7, 11) is 0. The number of piperazine rings is 1. The van der Waals surface area contributed by atoms with Gasteiger partial charge in [0, 0.05) is 31.7 Å². The highest BCUT2D eigenvalue weighted by Gasteiger charge is 2.38. The zero-order chi connectivity index (χ0) is 21.9. The summed E-state index contributed by atoms with van der Waals surface area (Å²) >= 11 is 0. The first-order valence-corrected chi connectivity index (χ1v) is 11.6. The van der Waals surface area contributed by atoms with Crippen LogP contribution in [-0.4, -0.2) is 78.8 Å². The number of rotatable bonds is 8. The Kier molecular flexibility index (Phi) is 8.48.